The predicted octanol–water partition coefficient (Wildman–Crippen LogP) is 0.259. The van der Waals surface area contributed by atoms with Crippen LogP contribution in [0, 0.1) is 11.3 Å². The summed E-state index contributed by atoms with van der Waals surface area (Å²) in [6, 6.07) is 1.11. The van der Waals surface area contributed by atoms with Gasteiger partial charge in [0.15, 0.2) is 5.75 Å². The molecule has 0 fully saturated rings. The van der Waals surface area contributed by atoms with Crippen molar-refractivity contribution in [3.8, 4) is 11.8 Å². The first kappa shape index (κ1) is 9.29. The number of nitrogens with two attached hydrogens (primary N) is 1. The maximum absolute atomic E-state index is 11.2. The normalized spacial score (nSPS) is 12.0. The molecule has 1 heterocycles. The first-order valence-corrected chi connectivity index (χ1v) is 3.58. The van der Waals surface area contributed by atoms with Crippen molar-refractivity contribution in [1.29, 1.82) is 5.26 Å². The van der Waals surface area contributed by atoms with Crippen LogP contribution in [0.25, 0.3) is 0 Å². The van der Waals surface area contributed by atoms with Crippen LogP contribution in [-0.2, 0) is 0 Å². The number of nitriles is 1. The zero-order valence-corrected chi connectivity index (χ0v) is 6.73. The minimum absolute atomic E-state index is 0.00815. The van der Waals surface area contributed by atoms with E-state index in [1.54, 1.807) is 0 Å². The van der Waals surface area contributed by atoms with E-state index in [4.69, 9.17) is 16.1 Å². The van der Waals surface area contributed by atoms with Crippen LogP contribution in [0.1, 0.15) is 18.0 Å². The number of aromatic hydroxyl groups is 1. The van der Waals surface area contributed by atoms with Crippen molar-refractivity contribution >= 4 is 0 Å². The molecule has 0 aromatic carbocycles. The van der Waals surface area contributed by atoms with Crippen LogP contribution in [0.15, 0.2) is 21.7 Å². The van der Waals surface area contributed by atoms with E-state index in [2.05, 4.69) is 4.42 Å². The van der Waals surface area contributed by atoms with Gasteiger partial charge in [0.05, 0.1) is 24.3 Å². The molecule has 0 bridgehead atoms. The fourth-order valence-corrected chi connectivity index (χ4v) is 0.891. The van der Waals surface area contributed by atoms with E-state index in [0.717, 1.165) is 12.5 Å². The van der Waals surface area contributed by atoms with Crippen molar-refractivity contribution in [2.24, 2.45) is 5.73 Å². The van der Waals surface area contributed by atoms with Crippen LogP contribution in [-0.4, -0.2) is 5.11 Å². The van der Waals surface area contributed by atoms with Gasteiger partial charge >= 0.3 is 0 Å². The van der Waals surface area contributed by atoms with Gasteiger partial charge < -0.3 is 15.3 Å². The van der Waals surface area contributed by atoms with Crippen molar-refractivity contribution in [3.63, 3.8) is 0 Å². The molecule has 0 aliphatic carbocycles. The molecule has 0 aliphatic heterocycles. The SMILES string of the molecule is N#CC[C@@H](N)c1cocc(O)c1=O. The van der Waals surface area contributed by atoms with Gasteiger partial charge in [0.1, 0.15) is 6.26 Å². The second-order valence-electron chi connectivity index (χ2n) is 2.51. The molecule has 5 heteroatoms. The fourth-order valence-electron chi connectivity index (χ4n) is 0.891. The summed E-state index contributed by atoms with van der Waals surface area (Å²) in [5.74, 6) is -0.495. The molecule has 13 heavy (non-hydrogen) atoms. The largest absolute Gasteiger partial charge is 0.502 e. The molecule has 0 spiro atoms. The summed E-state index contributed by atoms with van der Waals surface area (Å²) in [6.07, 6.45) is 2.07. The first-order chi connectivity index (χ1) is 6.16. The van der Waals surface area contributed by atoms with E-state index in [1.165, 1.54) is 0 Å². The van der Waals surface area contributed by atoms with Gasteiger partial charge in [-0.1, -0.05) is 0 Å². The summed E-state index contributed by atoms with van der Waals surface area (Å²) >= 11 is 0. The van der Waals surface area contributed by atoms with Gasteiger partial charge in [-0.25, -0.2) is 0 Å². The quantitative estimate of drug-likeness (QED) is 0.679. The summed E-state index contributed by atoms with van der Waals surface area (Å²) in [6.45, 7) is 0. The van der Waals surface area contributed by atoms with E-state index in [0.29, 0.717) is 0 Å². The maximum atomic E-state index is 11.2. The molecule has 1 atom stereocenters. The van der Waals surface area contributed by atoms with Gasteiger partial charge in [0, 0.05) is 6.04 Å². The van der Waals surface area contributed by atoms with E-state index >= 15 is 0 Å². The molecule has 0 saturated carbocycles. The van der Waals surface area contributed by atoms with Gasteiger partial charge in [0.25, 0.3) is 0 Å². The summed E-state index contributed by atoms with van der Waals surface area (Å²) in [4.78, 5) is 11.2. The molecule has 1 aromatic rings. The third-order valence-electron chi connectivity index (χ3n) is 1.58. The zero-order valence-electron chi connectivity index (χ0n) is 6.73. The highest BCUT2D eigenvalue weighted by atomic mass is 16.3. The molecule has 3 N–H and O–H groups in total. The van der Waals surface area contributed by atoms with Crippen LogP contribution >= 0.6 is 0 Å². The average Bonchev–Trinajstić information content (AvgIpc) is 2.10. The smallest absolute Gasteiger partial charge is 0.231 e. The lowest BCUT2D eigenvalue weighted by molar-refractivity contribution is 0.422. The monoisotopic (exact) mass is 180 g/mol. The Bertz CT molecular complexity index is 391. The topological polar surface area (TPSA) is 100 Å². The van der Waals surface area contributed by atoms with Crippen LogP contribution < -0.4 is 11.2 Å². The van der Waals surface area contributed by atoms with Gasteiger partial charge in [-0.05, 0) is 0 Å². The van der Waals surface area contributed by atoms with E-state index in [1.807, 2.05) is 6.07 Å². The van der Waals surface area contributed by atoms with Crippen molar-refractivity contribution < 1.29 is 9.52 Å². The molecule has 0 unspecified atom stereocenters. The Morgan fingerprint density at radius 2 is 2.38 bits per heavy atom. The van der Waals surface area contributed by atoms with Crippen molar-refractivity contribution in [2.75, 3.05) is 0 Å². The van der Waals surface area contributed by atoms with Crippen LogP contribution in [0.4, 0.5) is 0 Å². The molecule has 5 nitrogen and oxygen atoms in total. The highest BCUT2D eigenvalue weighted by Crippen LogP contribution is 2.11. The van der Waals surface area contributed by atoms with Crippen LogP contribution in [0.5, 0.6) is 5.75 Å². The van der Waals surface area contributed by atoms with Gasteiger partial charge in [-0.15, -0.1) is 0 Å². The summed E-state index contributed by atoms with van der Waals surface area (Å²) in [5.41, 5.74) is 5.01. The standard InChI is InChI=1S/C8H8N2O3/c9-2-1-6(10)5-3-13-4-7(11)8(5)12/h3-4,6,11H,1,10H2/t6-/m1/s1. The maximum Gasteiger partial charge on any atom is 0.231 e. The molecule has 0 radical (unpaired) electrons. The zero-order chi connectivity index (χ0) is 9.84. The molecule has 68 valence electrons. The summed E-state index contributed by atoms with van der Waals surface area (Å²) in [7, 11) is 0. The first-order valence-electron chi connectivity index (χ1n) is 3.58. The van der Waals surface area contributed by atoms with Crippen molar-refractivity contribution in [3.05, 3.63) is 28.3 Å². The summed E-state index contributed by atoms with van der Waals surface area (Å²) in [5, 5.41) is 17.3. The minimum Gasteiger partial charge on any atom is -0.502 e. The number of rotatable bonds is 2. The van der Waals surface area contributed by atoms with Gasteiger partial charge in [-0.3, -0.25) is 4.79 Å². The lowest BCUT2D eigenvalue weighted by Crippen LogP contribution is -2.18. The Labute approximate surface area is 74.0 Å². The van der Waals surface area contributed by atoms with Gasteiger partial charge in [-0.2, -0.15) is 5.26 Å². The fraction of sp³-hybridized carbons (Fsp3) is 0.250. The highest BCUT2D eigenvalue weighted by Gasteiger charge is 2.12. The number of hydrogen-bond acceptors (Lipinski definition) is 5. The Kier molecular flexibility index (Phi) is 2.67. The third-order valence-corrected chi connectivity index (χ3v) is 1.58. The lowest BCUT2D eigenvalue weighted by atomic mass is 10.1. The summed E-state index contributed by atoms with van der Waals surface area (Å²) < 4.78 is 4.65. The van der Waals surface area contributed by atoms with E-state index < -0.39 is 17.2 Å². The molecule has 0 amide bonds. The number of hydrogen-bond donors (Lipinski definition) is 2. The third kappa shape index (κ3) is 1.86. The highest BCUT2D eigenvalue weighted by molar-refractivity contribution is 5.23. The van der Waals surface area contributed by atoms with E-state index in [-0.39, 0.29) is 12.0 Å². The Hall–Kier alpha value is -1.80. The minimum atomic E-state index is -0.714. The Morgan fingerprint density at radius 1 is 1.69 bits per heavy atom. The van der Waals surface area contributed by atoms with E-state index in [9.17, 15) is 4.79 Å². The molecule has 0 saturated heterocycles. The Balaban J connectivity index is 3.10. The predicted molar refractivity (Wildman–Crippen MR) is 43.8 cm³/mol. The van der Waals surface area contributed by atoms with Crippen LogP contribution in [0.3, 0.4) is 0 Å². The second-order valence-corrected chi connectivity index (χ2v) is 2.51. The molecular weight excluding hydrogens is 172 g/mol. The van der Waals surface area contributed by atoms with Gasteiger partial charge in [0.2, 0.25) is 5.43 Å². The van der Waals surface area contributed by atoms with Crippen LogP contribution in [0.2, 0.25) is 0 Å². The molecule has 0 aliphatic rings. The van der Waals surface area contributed by atoms with Crippen molar-refractivity contribution in [1.82, 2.24) is 0 Å². The Morgan fingerprint density at radius 3 is 3.00 bits per heavy atom. The lowest BCUT2D eigenvalue weighted by Gasteiger charge is -2.04. The molecule has 1 rings (SSSR count). The number of nitrogens with zero attached hydrogens (tertiary/aromatic N) is 1. The molecule has 1 aromatic heterocycles. The second kappa shape index (κ2) is 3.74. The average molecular weight is 180 g/mol. The molecular formula is C8H8N2O3. The van der Waals surface area contributed by atoms with Crippen molar-refractivity contribution in [2.45, 2.75) is 12.5 Å².